The minimum atomic E-state index is -0.203. The fourth-order valence-electron chi connectivity index (χ4n) is 2.03. The first-order valence-corrected chi connectivity index (χ1v) is 6.26. The maximum Gasteiger partial charge on any atom is 0.251 e. The summed E-state index contributed by atoms with van der Waals surface area (Å²) in [6.45, 7) is 3.86. The van der Waals surface area contributed by atoms with Crippen molar-refractivity contribution in [2.75, 3.05) is 0 Å². The van der Waals surface area contributed by atoms with Crippen molar-refractivity contribution in [1.82, 2.24) is 9.97 Å². The zero-order chi connectivity index (χ0) is 13.8. The zero-order valence-corrected chi connectivity index (χ0v) is 11.1. The van der Waals surface area contributed by atoms with Gasteiger partial charge >= 0.3 is 0 Å². The monoisotopic (exact) mass is 256 g/mol. The van der Waals surface area contributed by atoms with Gasteiger partial charge in [0.15, 0.2) is 5.78 Å². The number of nitrogens with one attached hydrogen (secondary N) is 1. The number of carbonyl (C=O) groups is 1. The molecule has 19 heavy (non-hydrogen) atoms. The first-order valence-electron chi connectivity index (χ1n) is 6.26. The van der Waals surface area contributed by atoms with Crippen LogP contribution < -0.4 is 5.56 Å². The van der Waals surface area contributed by atoms with E-state index in [1.807, 2.05) is 13.8 Å². The van der Waals surface area contributed by atoms with Crippen LogP contribution in [0.2, 0.25) is 0 Å². The van der Waals surface area contributed by atoms with Crippen LogP contribution in [0.15, 0.2) is 35.5 Å². The molecule has 0 amide bonds. The van der Waals surface area contributed by atoms with E-state index in [0.717, 1.165) is 17.5 Å². The van der Waals surface area contributed by atoms with Gasteiger partial charge in [-0.05, 0) is 36.6 Å². The van der Waals surface area contributed by atoms with Gasteiger partial charge in [-0.1, -0.05) is 6.92 Å². The number of rotatable bonds is 4. The maximum absolute atomic E-state index is 12.3. The Labute approximate surface area is 111 Å². The number of hydrogen-bond acceptors (Lipinski definition) is 3. The smallest absolute Gasteiger partial charge is 0.251 e. The van der Waals surface area contributed by atoms with Gasteiger partial charge in [-0.15, -0.1) is 0 Å². The number of hydrogen-bond donors (Lipinski definition) is 1. The molecule has 0 aliphatic carbocycles. The number of carbonyl (C=O) groups excluding carboxylic acids is 1. The van der Waals surface area contributed by atoms with E-state index in [2.05, 4.69) is 9.97 Å². The molecule has 0 unspecified atom stereocenters. The Balaban J connectivity index is 2.31. The van der Waals surface area contributed by atoms with Crippen LogP contribution in [0, 0.1) is 6.92 Å². The lowest BCUT2D eigenvalue weighted by atomic mass is 9.99. The van der Waals surface area contributed by atoms with Crippen LogP contribution in [-0.2, 0) is 12.8 Å². The number of aromatic amines is 1. The number of aryl methyl sites for hydroxylation is 2. The SMILES string of the molecule is CCc1cnccc1C(=O)Cc1cc(C)c[nH]c1=O. The summed E-state index contributed by atoms with van der Waals surface area (Å²) >= 11 is 0. The third-order valence-corrected chi connectivity index (χ3v) is 3.06. The van der Waals surface area contributed by atoms with Crippen molar-refractivity contribution in [3.05, 3.63) is 63.3 Å². The minimum Gasteiger partial charge on any atom is -0.329 e. The highest BCUT2D eigenvalue weighted by molar-refractivity contribution is 5.98. The molecule has 0 aliphatic rings. The number of pyridine rings is 2. The first kappa shape index (κ1) is 13.2. The van der Waals surface area contributed by atoms with Gasteiger partial charge in [0.25, 0.3) is 5.56 Å². The molecule has 4 nitrogen and oxygen atoms in total. The van der Waals surface area contributed by atoms with Crippen molar-refractivity contribution < 1.29 is 4.79 Å². The van der Waals surface area contributed by atoms with Crippen molar-refractivity contribution in [1.29, 1.82) is 0 Å². The van der Waals surface area contributed by atoms with E-state index in [1.165, 1.54) is 0 Å². The first-order chi connectivity index (χ1) is 9.11. The van der Waals surface area contributed by atoms with Crippen LogP contribution >= 0.6 is 0 Å². The Kier molecular flexibility index (Phi) is 3.90. The van der Waals surface area contributed by atoms with E-state index in [4.69, 9.17) is 0 Å². The molecular weight excluding hydrogens is 240 g/mol. The lowest BCUT2D eigenvalue weighted by molar-refractivity contribution is 0.0991. The third-order valence-electron chi connectivity index (χ3n) is 3.06. The molecular formula is C15H16N2O2. The van der Waals surface area contributed by atoms with Crippen LogP contribution in [0.3, 0.4) is 0 Å². The Bertz CT molecular complexity index is 659. The molecule has 2 aromatic rings. The Morgan fingerprint density at radius 2 is 2.16 bits per heavy atom. The van der Waals surface area contributed by atoms with Gasteiger partial charge in [0.05, 0.1) is 0 Å². The number of aromatic nitrogens is 2. The number of nitrogens with zero attached hydrogens (tertiary/aromatic N) is 1. The third kappa shape index (κ3) is 2.96. The van der Waals surface area contributed by atoms with Crippen molar-refractivity contribution in [3.8, 4) is 0 Å². The van der Waals surface area contributed by atoms with E-state index in [9.17, 15) is 9.59 Å². The van der Waals surface area contributed by atoms with Gasteiger partial charge in [0.1, 0.15) is 0 Å². The highest BCUT2D eigenvalue weighted by Gasteiger charge is 2.13. The summed E-state index contributed by atoms with van der Waals surface area (Å²) in [4.78, 5) is 30.6. The van der Waals surface area contributed by atoms with Crippen LogP contribution in [0.4, 0.5) is 0 Å². The molecule has 0 fully saturated rings. The normalized spacial score (nSPS) is 10.4. The molecule has 1 N–H and O–H groups in total. The van der Waals surface area contributed by atoms with Crippen molar-refractivity contribution in [2.24, 2.45) is 0 Å². The second-order valence-electron chi connectivity index (χ2n) is 4.52. The van der Waals surface area contributed by atoms with E-state index < -0.39 is 0 Å². The summed E-state index contributed by atoms with van der Waals surface area (Å²) in [6, 6.07) is 3.47. The highest BCUT2D eigenvalue weighted by Crippen LogP contribution is 2.11. The molecule has 0 aliphatic heterocycles. The van der Waals surface area contributed by atoms with Crippen molar-refractivity contribution in [2.45, 2.75) is 26.7 Å². The predicted molar refractivity (Wildman–Crippen MR) is 73.4 cm³/mol. The Morgan fingerprint density at radius 1 is 1.37 bits per heavy atom. The lowest BCUT2D eigenvalue weighted by Crippen LogP contribution is -2.17. The average molecular weight is 256 g/mol. The molecule has 0 saturated carbocycles. The van der Waals surface area contributed by atoms with Crippen LogP contribution in [0.1, 0.15) is 34.0 Å². The lowest BCUT2D eigenvalue weighted by Gasteiger charge is -2.06. The molecule has 2 aromatic heterocycles. The minimum absolute atomic E-state index is 0.0460. The summed E-state index contributed by atoms with van der Waals surface area (Å²) in [5.74, 6) is -0.0460. The van der Waals surface area contributed by atoms with Crippen molar-refractivity contribution >= 4 is 5.78 Å². The predicted octanol–water partition coefficient (Wildman–Crippen LogP) is 2.07. The van der Waals surface area contributed by atoms with Gasteiger partial charge in [0, 0.05) is 36.1 Å². The quantitative estimate of drug-likeness (QED) is 0.852. The van der Waals surface area contributed by atoms with Crippen LogP contribution in [0.5, 0.6) is 0 Å². The number of H-pyrrole nitrogens is 1. The Hall–Kier alpha value is -2.23. The van der Waals surface area contributed by atoms with Gasteiger partial charge < -0.3 is 4.98 Å². The number of ketones is 1. The van der Waals surface area contributed by atoms with Gasteiger partial charge in [-0.3, -0.25) is 14.6 Å². The van der Waals surface area contributed by atoms with E-state index >= 15 is 0 Å². The van der Waals surface area contributed by atoms with Crippen LogP contribution in [-0.4, -0.2) is 15.8 Å². The molecule has 0 saturated heterocycles. The van der Waals surface area contributed by atoms with E-state index in [-0.39, 0.29) is 17.8 Å². The fraction of sp³-hybridized carbons (Fsp3) is 0.267. The second kappa shape index (κ2) is 5.61. The van der Waals surface area contributed by atoms with Crippen LogP contribution in [0.25, 0.3) is 0 Å². The van der Waals surface area contributed by atoms with Gasteiger partial charge in [-0.2, -0.15) is 0 Å². The summed E-state index contributed by atoms with van der Waals surface area (Å²) in [6.07, 6.45) is 5.81. The molecule has 4 heteroatoms. The molecule has 98 valence electrons. The molecule has 2 heterocycles. The Morgan fingerprint density at radius 3 is 2.89 bits per heavy atom. The van der Waals surface area contributed by atoms with Crippen molar-refractivity contribution in [3.63, 3.8) is 0 Å². The summed E-state index contributed by atoms with van der Waals surface area (Å²) < 4.78 is 0. The van der Waals surface area contributed by atoms with E-state index in [0.29, 0.717) is 11.1 Å². The van der Waals surface area contributed by atoms with Gasteiger partial charge in [-0.25, -0.2) is 0 Å². The summed E-state index contributed by atoms with van der Waals surface area (Å²) in [7, 11) is 0. The van der Waals surface area contributed by atoms with E-state index in [1.54, 1.807) is 30.7 Å². The molecule has 2 rings (SSSR count). The summed E-state index contributed by atoms with van der Waals surface area (Å²) in [5.41, 5.74) is 2.80. The standard InChI is InChI=1S/C15H16N2O2/c1-3-11-9-16-5-4-13(11)14(18)7-12-6-10(2)8-17-15(12)19/h4-6,8-9H,3,7H2,1-2H3,(H,17,19). The second-order valence-corrected chi connectivity index (χ2v) is 4.52. The average Bonchev–Trinajstić information content (AvgIpc) is 2.42. The zero-order valence-electron chi connectivity index (χ0n) is 11.1. The molecule has 0 aromatic carbocycles. The largest absolute Gasteiger partial charge is 0.329 e. The highest BCUT2D eigenvalue weighted by atomic mass is 16.1. The maximum atomic E-state index is 12.3. The molecule has 0 spiro atoms. The molecule has 0 radical (unpaired) electrons. The summed E-state index contributed by atoms with van der Waals surface area (Å²) in [5, 5.41) is 0. The molecule has 0 bridgehead atoms. The number of Topliss-reactive ketones (excluding diaryl/α,β-unsaturated/α-hetero) is 1. The van der Waals surface area contributed by atoms with Gasteiger partial charge in [0.2, 0.25) is 0 Å². The topological polar surface area (TPSA) is 62.8 Å². The fourth-order valence-corrected chi connectivity index (χ4v) is 2.03. The molecule has 0 atom stereocenters.